The molecule has 4 unspecified atom stereocenters. The van der Waals surface area contributed by atoms with E-state index in [4.69, 9.17) is 4.74 Å². The average Bonchev–Trinajstić information content (AvgIpc) is 2.88. The molecular formula is C16H22N2O3S. The van der Waals surface area contributed by atoms with Crippen LogP contribution in [0.5, 0.6) is 0 Å². The number of aromatic nitrogens is 1. The van der Waals surface area contributed by atoms with Gasteiger partial charge in [0.15, 0.2) is 10.8 Å². The molecule has 1 aromatic rings. The molecule has 6 heteroatoms. The summed E-state index contributed by atoms with van der Waals surface area (Å²) in [5, 5.41) is 4.64. The number of esters is 1. The van der Waals surface area contributed by atoms with Gasteiger partial charge in [-0.25, -0.2) is 9.78 Å². The third kappa shape index (κ3) is 2.53. The monoisotopic (exact) mass is 322 g/mol. The number of nitrogens with zero attached hydrogens (tertiary/aromatic N) is 1. The van der Waals surface area contributed by atoms with Gasteiger partial charge in [-0.3, -0.25) is 4.79 Å². The van der Waals surface area contributed by atoms with Crippen molar-refractivity contribution in [3.63, 3.8) is 0 Å². The van der Waals surface area contributed by atoms with Crippen molar-refractivity contribution in [1.29, 1.82) is 0 Å². The van der Waals surface area contributed by atoms with E-state index in [2.05, 4.69) is 31.1 Å². The SMILES string of the molecule is CC(=O)Nc1nc(C(=O)OC2CC3CC(C2C)C3(C)C)cs1. The zero-order valence-corrected chi connectivity index (χ0v) is 14.2. The van der Waals surface area contributed by atoms with Gasteiger partial charge in [-0.05, 0) is 36.0 Å². The number of carbonyl (C=O) groups excluding carboxylic acids is 2. The highest BCUT2D eigenvalue weighted by Crippen LogP contribution is 2.61. The summed E-state index contributed by atoms with van der Waals surface area (Å²) in [6, 6.07) is 0. The zero-order chi connectivity index (χ0) is 16.1. The fraction of sp³-hybridized carbons (Fsp3) is 0.688. The third-order valence-corrected chi connectivity index (χ3v) is 6.30. The summed E-state index contributed by atoms with van der Waals surface area (Å²) in [6.07, 6.45) is 2.18. The number of hydrogen-bond donors (Lipinski definition) is 1. The molecule has 4 atom stereocenters. The molecule has 0 aromatic carbocycles. The summed E-state index contributed by atoms with van der Waals surface area (Å²) in [4.78, 5) is 27.4. The minimum absolute atomic E-state index is 0.0183. The van der Waals surface area contributed by atoms with Crippen molar-refractivity contribution < 1.29 is 14.3 Å². The minimum Gasteiger partial charge on any atom is -0.457 e. The molecule has 1 aromatic heterocycles. The average molecular weight is 322 g/mol. The Bertz CT molecular complexity index is 610. The molecule has 1 heterocycles. The molecule has 22 heavy (non-hydrogen) atoms. The number of amides is 1. The molecule has 0 radical (unpaired) electrons. The van der Waals surface area contributed by atoms with Crippen molar-refractivity contribution in [3.8, 4) is 0 Å². The number of hydrogen-bond acceptors (Lipinski definition) is 5. The molecule has 3 aliphatic carbocycles. The van der Waals surface area contributed by atoms with E-state index in [1.807, 2.05) is 0 Å². The minimum atomic E-state index is -0.385. The lowest BCUT2D eigenvalue weighted by molar-refractivity contribution is -0.156. The van der Waals surface area contributed by atoms with Gasteiger partial charge >= 0.3 is 5.97 Å². The molecule has 5 nitrogen and oxygen atoms in total. The van der Waals surface area contributed by atoms with Gasteiger partial charge in [0, 0.05) is 12.3 Å². The third-order valence-electron chi connectivity index (χ3n) is 5.54. The molecule has 0 spiro atoms. The van der Waals surface area contributed by atoms with Gasteiger partial charge in [0.2, 0.25) is 5.91 Å². The van der Waals surface area contributed by atoms with Gasteiger partial charge in [0.25, 0.3) is 0 Å². The number of nitrogens with one attached hydrogen (secondary N) is 1. The van der Waals surface area contributed by atoms with Crippen molar-refractivity contribution in [1.82, 2.24) is 4.98 Å². The Morgan fingerprint density at radius 3 is 2.73 bits per heavy atom. The van der Waals surface area contributed by atoms with Gasteiger partial charge in [-0.15, -0.1) is 11.3 Å². The Kier molecular flexibility index (Phi) is 3.75. The Labute approximate surface area is 134 Å². The van der Waals surface area contributed by atoms with Crippen LogP contribution in [0.1, 0.15) is 51.0 Å². The highest BCUT2D eigenvalue weighted by Gasteiger charge is 2.57. The van der Waals surface area contributed by atoms with E-state index in [0.717, 1.165) is 6.42 Å². The van der Waals surface area contributed by atoms with E-state index >= 15 is 0 Å². The van der Waals surface area contributed by atoms with Crippen molar-refractivity contribution in [2.45, 2.75) is 46.6 Å². The molecule has 3 fully saturated rings. The maximum absolute atomic E-state index is 12.2. The molecule has 1 amide bonds. The smallest absolute Gasteiger partial charge is 0.358 e. The summed E-state index contributed by atoms with van der Waals surface area (Å²) < 4.78 is 5.69. The number of fused-ring (bicyclic) bond motifs is 2. The highest BCUT2D eigenvalue weighted by atomic mass is 32.1. The number of thiazole rings is 1. The van der Waals surface area contributed by atoms with E-state index in [1.54, 1.807) is 5.38 Å². The van der Waals surface area contributed by atoms with Crippen LogP contribution in [0.4, 0.5) is 5.13 Å². The molecular weight excluding hydrogens is 300 g/mol. The standard InChI is InChI=1S/C16H22N2O3S/c1-8-11-5-10(16(11,3)4)6-13(8)21-14(20)12-7-22-15(18-12)17-9(2)19/h7-8,10-11,13H,5-6H2,1-4H3,(H,17,18,19). The predicted molar refractivity (Wildman–Crippen MR) is 84.8 cm³/mol. The van der Waals surface area contributed by atoms with Crippen LogP contribution in [0.2, 0.25) is 0 Å². The Morgan fingerprint density at radius 2 is 2.14 bits per heavy atom. The lowest BCUT2D eigenvalue weighted by Gasteiger charge is -2.61. The Balaban J connectivity index is 1.63. The molecule has 4 rings (SSSR count). The number of anilines is 1. The Morgan fingerprint density at radius 1 is 1.41 bits per heavy atom. The topological polar surface area (TPSA) is 68.3 Å². The molecule has 1 N–H and O–H groups in total. The Hall–Kier alpha value is -1.43. The summed E-state index contributed by atoms with van der Waals surface area (Å²) in [5.41, 5.74) is 0.654. The first-order valence-corrected chi connectivity index (χ1v) is 8.61. The van der Waals surface area contributed by atoms with Crippen LogP contribution in [0.25, 0.3) is 0 Å². The maximum atomic E-state index is 12.2. The fourth-order valence-electron chi connectivity index (χ4n) is 4.03. The summed E-state index contributed by atoms with van der Waals surface area (Å²) in [5.74, 6) is 1.09. The molecule has 3 aliphatic rings. The van der Waals surface area contributed by atoms with Crippen LogP contribution >= 0.6 is 11.3 Å². The summed E-state index contributed by atoms with van der Waals surface area (Å²) in [7, 11) is 0. The molecule has 120 valence electrons. The van der Waals surface area contributed by atoms with Crippen LogP contribution in [0.15, 0.2) is 5.38 Å². The van der Waals surface area contributed by atoms with E-state index in [1.165, 1.54) is 24.7 Å². The van der Waals surface area contributed by atoms with Crippen LogP contribution in [-0.4, -0.2) is 23.0 Å². The van der Waals surface area contributed by atoms with Crippen molar-refractivity contribution in [3.05, 3.63) is 11.1 Å². The first-order valence-electron chi connectivity index (χ1n) is 7.73. The fourth-order valence-corrected chi connectivity index (χ4v) is 4.76. The van der Waals surface area contributed by atoms with Crippen molar-refractivity contribution in [2.75, 3.05) is 5.32 Å². The number of carbonyl (C=O) groups is 2. The lowest BCUT2D eigenvalue weighted by atomic mass is 9.45. The molecule has 2 bridgehead atoms. The van der Waals surface area contributed by atoms with Gasteiger partial charge < -0.3 is 10.1 Å². The van der Waals surface area contributed by atoms with E-state index in [-0.39, 0.29) is 23.7 Å². The number of rotatable bonds is 3. The van der Waals surface area contributed by atoms with Crippen molar-refractivity contribution >= 4 is 28.3 Å². The van der Waals surface area contributed by atoms with Crippen LogP contribution in [0.3, 0.4) is 0 Å². The number of ether oxygens (including phenoxy) is 1. The van der Waals surface area contributed by atoms with E-state index < -0.39 is 0 Å². The second-order valence-corrected chi connectivity index (χ2v) is 7.98. The summed E-state index contributed by atoms with van der Waals surface area (Å²) in [6.45, 7) is 8.24. The maximum Gasteiger partial charge on any atom is 0.358 e. The summed E-state index contributed by atoms with van der Waals surface area (Å²) >= 11 is 1.23. The highest BCUT2D eigenvalue weighted by molar-refractivity contribution is 7.14. The lowest BCUT2D eigenvalue weighted by Crippen LogP contribution is -2.57. The quantitative estimate of drug-likeness (QED) is 0.867. The predicted octanol–water partition coefficient (Wildman–Crippen LogP) is 3.33. The van der Waals surface area contributed by atoms with Crippen LogP contribution in [-0.2, 0) is 9.53 Å². The van der Waals surface area contributed by atoms with E-state index in [9.17, 15) is 9.59 Å². The van der Waals surface area contributed by atoms with Crippen LogP contribution < -0.4 is 5.32 Å². The van der Waals surface area contributed by atoms with Gasteiger partial charge in [-0.2, -0.15) is 0 Å². The van der Waals surface area contributed by atoms with Crippen molar-refractivity contribution in [2.24, 2.45) is 23.2 Å². The van der Waals surface area contributed by atoms with Crippen LogP contribution in [0, 0.1) is 23.2 Å². The molecule has 3 saturated carbocycles. The normalized spacial score (nSPS) is 32.0. The van der Waals surface area contributed by atoms with E-state index in [0.29, 0.717) is 28.3 Å². The second-order valence-electron chi connectivity index (χ2n) is 7.12. The first kappa shape index (κ1) is 15.5. The molecule has 0 aliphatic heterocycles. The molecule has 0 saturated heterocycles. The second kappa shape index (κ2) is 5.33. The zero-order valence-electron chi connectivity index (χ0n) is 13.4. The van der Waals surface area contributed by atoms with Gasteiger partial charge in [0.1, 0.15) is 6.10 Å². The largest absolute Gasteiger partial charge is 0.457 e. The van der Waals surface area contributed by atoms with Gasteiger partial charge in [0.05, 0.1) is 0 Å². The van der Waals surface area contributed by atoms with Gasteiger partial charge in [-0.1, -0.05) is 20.8 Å². The first-order chi connectivity index (χ1) is 10.3.